The van der Waals surface area contributed by atoms with Crippen molar-refractivity contribution in [3.05, 3.63) is 29.8 Å². The number of halogens is 2. The van der Waals surface area contributed by atoms with Crippen LogP contribution in [0, 0.1) is 0 Å². The van der Waals surface area contributed by atoms with Crippen LogP contribution in [0.4, 0.5) is 8.78 Å². The molecule has 0 spiro atoms. The van der Waals surface area contributed by atoms with Crippen molar-refractivity contribution in [1.29, 1.82) is 0 Å². The average molecular weight is 299 g/mol. The van der Waals surface area contributed by atoms with Crippen LogP contribution in [0.2, 0.25) is 0 Å². The molecule has 5 nitrogen and oxygen atoms in total. The fourth-order valence-electron chi connectivity index (χ4n) is 2.23. The number of carbonyl (C=O) groups excluding carboxylic acids is 1. The lowest BCUT2D eigenvalue weighted by atomic mass is 10.1. The summed E-state index contributed by atoms with van der Waals surface area (Å²) in [6.45, 7) is -1.18. The molecule has 116 valence electrons. The van der Waals surface area contributed by atoms with Crippen LogP contribution in [0.15, 0.2) is 24.3 Å². The molecule has 21 heavy (non-hydrogen) atoms. The van der Waals surface area contributed by atoms with Crippen molar-refractivity contribution in [3.63, 3.8) is 0 Å². The molecule has 1 heterocycles. The summed E-state index contributed by atoms with van der Waals surface area (Å²) in [4.78, 5) is 15.7. The number of hydrogen-bond donors (Lipinski definition) is 1. The fourth-order valence-corrected chi connectivity index (χ4v) is 2.23. The summed E-state index contributed by atoms with van der Waals surface area (Å²) in [5, 5.41) is 3.13. The van der Waals surface area contributed by atoms with Gasteiger partial charge >= 0.3 is 6.61 Å². The number of ether oxygens (including phenoxy) is 1. The maximum atomic E-state index is 12.1. The number of nitrogens with one attached hydrogen (secondary N) is 1. The first-order valence-electron chi connectivity index (χ1n) is 6.69. The van der Waals surface area contributed by atoms with Crippen molar-refractivity contribution in [2.75, 3.05) is 33.7 Å². The zero-order chi connectivity index (χ0) is 15.4. The monoisotopic (exact) mass is 299 g/mol. The molecule has 1 amide bonds. The molecule has 0 aromatic heterocycles. The van der Waals surface area contributed by atoms with E-state index < -0.39 is 6.61 Å². The van der Waals surface area contributed by atoms with Crippen molar-refractivity contribution < 1.29 is 18.3 Å². The number of alkyl halides is 2. The highest BCUT2D eigenvalue weighted by Crippen LogP contribution is 2.24. The fraction of sp³-hybridized carbons (Fsp3) is 0.500. The van der Waals surface area contributed by atoms with Crippen molar-refractivity contribution in [3.8, 4) is 5.75 Å². The van der Waals surface area contributed by atoms with E-state index in [9.17, 15) is 13.6 Å². The molecule has 1 fully saturated rings. The maximum Gasteiger partial charge on any atom is 0.387 e. The molecular formula is C14H19F2N3O2. The van der Waals surface area contributed by atoms with Gasteiger partial charge in [0.15, 0.2) is 0 Å². The molecule has 1 aromatic rings. The largest absolute Gasteiger partial charge is 0.435 e. The molecule has 0 saturated carbocycles. The van der Waals surface area contributed by atoms with E-state index in [2.05, 4.69) is 10.1 Å². The van der Waals surface area contributed by atoms with E-state index in [0.29, 0.717) is 6.54 Å². The quantitative estimate of drug-likeness (QED) is 0.859. The minimum absolute atomic E-state index is 0.0368. The predicted octanol–water partition coefficient (Wildman–Crippen LogP) is 1.28. The molecule has 0 bridgehead atoms. The van der Waals surface area contributed by atoms with Crippen molar-refractivity contribution in [2.45, 2.75) is 12.8 Å². The third-order valence-electron chi connectivity index (χ3n) is 3.29. The predicted molar refractivity (Wildman–Crippen MR) is 74.1 cm³/mol. The van der Waals surface area contributed by atoms with Gasteiger partial charge in [-0.25, -0.2) is 0 Å². The zero-order valence-corrected chi connectivity index (χ0v) is 12.1. The first-order chi connectivity index (χ1) is 9.97. The Morgan fingerprint density at radius 1 is 1.38 bits per heavy atom. The Kier molecular flexibility index (Phi) is 5.08. The lowest BCUT2D eigenvalue weighted by Crippen LogP contribution is -2.36. The lowest BCUT2D eigenvalue weighted by Gasteiger charge is -2.26. The zero-order valence-electron chi connectivity index (χ0n) is 12.1. The Morgan fingerprint density at radius 3 is 2.62 bits per heavy atom. The minimum atomic E-state index is -2.83. The third kappa shape index (κ3) is 4.12. The number of benzene rings is 1. The van der Waals surface area contributed by atoms with Gasteiger partial charge in [0, 0.05) is 13.1 Å². The lowest BCUT2D eigenvalue weighted by molar-refractivity contribution is -0.128. The highest BCUT2D eigenvalue weighted by atomic mass is 19.3. The van der Waals surface area contributed by atoms with Gasteiger partial charge in [-0.2, -0.15) is 8.78 Å². The van der Waals surface area contributed by atoms with E-state index >= 15 is 0 Å². The van der Waals surface area contributed by atoms with E-state index in [4.69, 9.17) is 0 Å². The number of carbonyl (C=O) groups is 1. The molecule has 1 aliphatic heterocycles. The number of rotatable bonds is 6. The molecule has 0 radical (unpaired) electrons. The summed E-state index contributed by atoms with van der Waals surface area (Å²) < 4.78 is 28.6. The summed E-state index contributed by atoms with van der Waals surface area (Å²) in [6.07, 6.45) is -0.224. The van der Waals surface area contributed by atoms with Crippen LogP contribution in [0.25, 0.3) is 0 Å². The summed E-state index contributed by atoms with van der Waals surface area (Å²) in [7, 11) is 3.89. The second-order valence-corrected chi connectivity index (χ2v) is 5.12. The molecule has 0 aliphatic carbocycles. The first-order valence-corrected chi connectivity index (χ1v) is 6.69. The van der Waals surface area contributed by atoms with E-state index in [1.165, 1.54) is 12.1 Å². The Hall–Kier alpha value is -1.73. The van der Waals surface area contributed by atoms with Crippen LogP contribution in [0.1, 0.15) is 11.7 Å². The van der Waals surface area contributed by atoms with Gasteiger partial charge in [0.05, 0.1) is 6.54 Å². The Bertz CT molecular complexity index is 480. The van der Waals surface area contributed by atoms with Gasteiger partial charge in [0.1, 0.15) is 11.9 Å². The summed E-state index contributed by atoms with van der Waals surface area (Å²) in [6, 6.07) is 6.35. The summed E-state index contributed by atoms with van der Waals surface area (Å²) in [5.74, 6) is 0.146. The van der Waals surface area contributed by atoms with E-state index in [-0.39, 0.29) is 24.4 Å². The first kappa shape index (κ1) is 15.7. The average Bonchev–Trinajstić information content (AvgIpc) is 2.78. The van der Waals surface area contributed by atoms with Gasteiger partial charge in [-0.05, 0) is 31.8 Å². The smallest absolute Gasteiger partial charge is 0.387 e. The van der Waals surface area contributed by atoms with Crippen LogP contribution < -0.4 is 10.1 Å². The van der Waals surface area contributed by atoms with Gasteiger partial charge in [-0.1, -0.05) is 12.1 Å². The topological polar surface area (TPSA) is 44.8 Å². The Labute approximate surface area is 122 Å². The van der Waals surface area contributed by atoms with Crippen molar-refractivity contribution in [1.82, 2.24) is 15.1 Å². The number of likely N-dealkylation sites (N-methyl/N-ethyl adjacent to an activating group) is 1. The summed E-state index contributed by atoms with van der Waals surface area (Å²) >= 11 is 0. The Balaban J connectivity index is 2.06. The van der Waals surface area contributed by atoms with Gasteiger partial charge < -0.3 is 14.5 Å². The normalized spacial score (nSPS) is 18.9. The van der Waals surface area contributed by atoms with Gasteiger partial charge in [0.25, 0.3) is 0 Å². The van der Waals surface area contributed by atoms with Crippen LogP contribution in [-0.4, -0.2) is 56.0 Å². The van der Waals surface area contributed by atoms with Gasteiger partial charge in [-0.15, -0.1) is 0 Å². The highest BCUT2D eigenvalue weighted by Gasteiger charge is 2.31. The van der Waals surface area contributed by atoms with E-state index in [0.717, 1.165) is 12.1 Å². The Morgan fingerprint density at radius 2 is 2.05 bits per heavy atom. The minimum Gasteiger partial charge on any atom is -0.435 e. The molecule has 1 aliphatic rings. The van der Waals surface area contributed by atoms with Gasteiger partial charge in [-0.3, -0.25) is 10.1 Å². The molecule has 1 unspecified atom stereocenters. The standard InChI is InChI=1S/C14H19F2N3O2/c1-18(2)7-8-19-12(20)9-17-13(19)10-3-5-11(6-4-10)21-14(15)16/h3-6,13-14,17H,7-9H2,1-2H3. The maximum absolute atomic E-state index is 12.1. The summed E-state index contributed by atoms with van der Waals surface area (Å²) in [5.41, 5.74) is 0.848. The second-order valence-electron chi connectivity index (χ2n) is 5.12. The van der Waals surface area contributed by atoms with E-state index in [1.54, 1.807) is 17.0 Å². The van der Waals surface area contributed by atoms with Crippen molar-refractivity contribution in [2.24, 2.45) is 0 Å². The molecule has 1 aromatic carbocycles. The number of hydrogen-bond acceptors (Lipinski definition) is 4. The molecule has 1 N–H and O–H groups in total. The van der Waals surface area contributed by atoms with Crippen LogP contribution in [-0.2, 0) is 4.79 Å². The van der Waals surface area contributed by atoms with Crippen molar-refractivity contribution >= 4 is 5.91 Å². The number of amides is 1. The molecular weight excluding hydrogens is 280 g/mol. The van der Waals surface area contributed by atoms with Crippen LogP contribution in [0.5, 0.6) is 5.75 Å². The molecule has 1 saturated heterocycles. The van der Waals surface area contributed by atoms with Gasteiger partial charge in [0.2, 0.25) is 5.91 Å². The van der Waals surface area contributed by atoms with E-state index in [1.807, 2.05) is 19.0 Å². The SMILES string of the molecule is CN(C)CCN1C(=O)CNC1c1ccc(OC(F)F)cc1. The molecule has 1 atom stereocenters. The van der Waals surface area contributed by atoms with Crippen LogP contribution in [0.3, 0.4) is 0 Å². The highest BCUT2D eigenvalue weighted by molar-refractivity contribution is 5.81. The second kappa shape index (κ2) is 6.82. The molecule has 7 heteroatoms. The third-order valence-corrected chi connectivity index (χ3v) is 3.29. The van der Waals surface area contributed by atoms with Crippen LogP contribution >= 0.6 is 0 Å². The molecule has 2 rings (SSSR count). The number of nitrogens with zero attached hydrogens (tertiary/aromatic N) is 2.